The number of hydrogen-bond donors (Lipinski definition) is 1. The van der Waals surface area contributed by atoms with E-state index in [1.54, 1.807) is 0 Å². The van der Waals surface area contributed by atoms with E-state index in [1.807, 2.05) is 0 Å². The van der Waals surface area contributed by atoms with Gasteiger partial charge in [0, 0.05) is 19.5 Å². The predicted octanol–water partition coefficient (Wildman–Crippen LogP) is 3.06. The smallest absolute Gasteiger partial charge is 0.362 e. The molecule has 0 bridgehead atoms. The third-order valence-corrected chi connectivity index (χ3v) is 4.02. The molecule has 1 atom stereocenters. The molecule has 1 aliphatic rings. The highest BCUT2D eigenvalue weighted by atomic mass is 19.4. The molecule has 1 unspecified atom stereocenters. The lowest BCUT2D eigenvalue weighted by atomic mass is 10.0. The van der Waals surface area contributed by atoms with Crippen LogP contribution in [-0.2, 0) is 20.5 Å². The zero-order chi connectivity index (χ0) is 20.9. The predicted molar refractivity (Wildman–Crippen MR) is 85.0 cm³/mol. The number of benzene rings is 1. The van der Waals surface area contributed by atoms with Crippen LogP contribution in [0, 0.1) is 0 Å². The average molecular weight is 412 g/mol. The Labute approximate surface area is 156 Å². The lowest BCUT2D eigenvalue weighted by Gasteiger charge is -2.26. The molecule has 0 radical (unpaired) electrons. The molecule has 156 valence electrons. The van der Waals surface area contributed by atoms with Crippen molar-refractivity contribution in [2.45, 2.75) is 31.2 Å². The number of amides is 2. The van der Waals surface area contributed by atoms with Crippen LogP contribution >= 0.6 is 0 Å². The summed E-state index contributed by atoms with van der Waals surface area (Å²) in [5, 5.41) is 2.35. The number of ether oxygens (including phenoxy) is 1. The summed E-state index contributed by atoms with van der Waals surface area (Å²) in [7, 11) is 0. The molecular weight excluding hydrogens is 394 g/mol. The van der Waals surface area contributed by atoms with Gasteiger partial charge in [-0.05, 0) is 24.1 Å². The molecule has 0 aromatic heterocycles. The van der Waals surface area contributed by atoms with E-state index in [0.717, 1.165) is 18.2 Å². The summed E-state index contributed by atoms with van der Waals surface area (Å²) in [5.74, 6) is -1.14. The van der Waals surface area contributed by atoms with E-state index in [2.05, 4.69) is 10.1 Å². The minimum Gasteiger partial charge on any atom is -0.362 e. The van der Waals surface area contributed by atoms with Crippen molar-refractivity contribution < 1.29 is 40.7 Å². The van der Waals surface area contributed by atoms with Crippen molar-refractivity contribution in [3.8, 4) is 0 Å². The Morgan fingerprint density at radius 1 is 1.21 bits per heavy atom. The van der Waals surface area contributed by atoms with Gasteiger partial charge in [-0.1, -0.05) is 12.1 Å². The highest BCUT2D eigenvalue weighted by molar-refractivity contribution is 5.79. The van der Waals surface area contributed by atoms with E-state index in [1.165, 1.54) is 11.0 Å². The van der Waals surface area contributed by atoms with E-state index in [9.17, 15) is 35.9 Å². The van der Waals surface area contributed by atoms with Crippen LogP contribution in [0.25, 0.3) is 0 Å². The maximum atomic E-state index is 13.0. The summed E-state index contributed by atoms with van der Waals surface area (Å²) >= 11 is 0. The number of carbonyl (C=O) groups excluding carboxylic acids is 2. The summed E-state index contributed by atoms with van der Waals surface area (Å²) < 4.78 is 79.4. The summed E-state index contributed by atoms with van der Waals surface area (Å²) in [5.41, 5.74) is -0.857. The molecule has 28 heavy (non-hydrogen) atoms. The Morgan fingerprint density at radius 2 is 1.93 bits per heavy atom. The summed E-state index contributed by atoms with van der Waals surface area (Å²) in [6.07, 6.45) is -8.35. The lowest BCUT2D eigenvalue weighted by Crippen LogP contribution is -2.40. The zero-order valence-electron chi connectivity index (χ0n) is 14.6. The Morgan fingerprint density at radius 3 is 2.50 bits per heavy atom. The second kappa shape index (κ2) is 8.80. The molecule has 1 aliphatic heterocycles. The summed E-state index contributed by atoms with van der Waals surface area (Å²) in [6.45, 7) is -2.25. The fourth-order valence-corrected chi connectivity index (χ4v) is 2.78. The molecule has 1 N–H and O–H groups in total. The van der Waals surface area contributed by atoms with Crippen molar-refractivity contribution in [3.63, 3.8) is 0 Å². The molecule has 1 saturated heterocycles. The molecule has 1 fully saturated rings. The van der Waals surface area contributed by atoms with Crippen molar-refractivity contribution in [1.82, 2.24) is 10.2 Å². The molecule has 1 heterocycles. The number of hydrogen-bond acceptors (Lipinski definition) is 3. The van der Waals surface area contributed by atoms with Gasteiger partial charge in [-0.2, -0.15) is 26.3 Å². The highest BCUT2D eigenvalue weighted by Gasteiger charge is 2.32. The molecule has 0 saturated carbocycles. The van der Waals surface area contributed by atoms with E-state index < -0.39 is 43.1 Å². The van der Waals surface area contributed by atoms with Crippen LogP contribution < -0.4 is 5.32 Å². The second-order valence-corrected chi connectivity index (χ2v) is 6.29. The van der Waals surface area contributed by atoms with Crippen LogP contribution in [0.2, 0.25) is 0 Å². The van der Waals surface area contributed by atoms with Gasteiger partial charge in [-0.25, -0.2) is 0 Å². The lowest BCUT2D eigenvalue weighted by molar-refractivity contribution is -0.175. The van der Waals surface area contributed by atoms with Crippen molar-refractivity contribution >= 4 is 11.8 Å². The van der Waals surface area contributed by atoms with Crippen molar-refractivity contribution in [2.75, 3.05) is 26.3 Å². The number of halogens is 6. The average Bonchev–Trinajstić information content (AvgIpc) is 2.97. The van der Waals surface area contributed by atoms with Gasteiger partial charge >= 0.3 is 12.4 Å². The van der Waals surface area contributed by atoms with Gasteiger partial charge in [0.1, 0.15) is 13.2 Å². The normalized spacial score (nSPS) is 16.4. The monoisotopic (exact) mass is 412 g/mol. The third-order valence-electron chi connectivity index (χ3n) is 4.02. The Kier molecular flexibility index (Phi) is 6.91. The minimum atomic E-state index is -4.61. The SMILES string of the molecule is O=C(COCC(F)(F)F)NC(CN1CCCC1=O)c1cccc(C(F)(F)F)c1. The van der Waals surface area contributed by atoms with Crippen LogP contribution in [0.1, 0.15) is 30.0 Å². The van der Waals surface area contributed by atoms with Crippen molar-refractivity contribution in [2.24, 2.45) is 0 Å². The largest absolute Gasteiger partial charge is 0.416 e. The van der Waals surface area contributed by atoms with E-state index in [-0.39, 0.29) is 24.4 Å². The topological polar surface area (TPSA) is 58.6 Å². The minimum absolute atomic E-state index is 0.0821. The van der Waals surface area contributed by atoms with Gasteiger partial charge < -0.3 is 15.0 Å². The molecule has 2 amide bonds. The molecule has 0 aliphatic carbocycles. The number of nitrogens with one attached hydrogen (secondary N) is 1. The molecular formula is C17H18F6N2O3. The molecule has 0 spiro atoms. The maximum Gasteiger partial charge on any atom is 0.416 e. The van der Waals surface area contributed by atoms with Crippen LogP contribution in [0.4, 0.5) is 26.3 Å². The van der Waals surface area contributed by atoms with E-state index >= 15 is 0 Å². The fraction of sp³-hybridized carbons (Fsp3) is 0.529. The molecule has 5 nitrogen and oxygen atoms in total. The third kappa shape index (κ3) is 6.70. The first-order valence-electron chi connectivity index (χ1n) is 8.34. The quantitative estimate of drug-likeness (QED) is 0.701. The van der Waals surface area contributed by atoms with Gasteiger partial charge in [-0.15, -0.1) is 0 Å². The van der Waals surface area contributed by atoms with Crippen LogP contribution in [0.3, 0.4) is 0 Å². The number of likely N-dealkylation sites (tertiary alicyclic amines) is 1. The first-order chi connectivity index (χ1) is 13.0. The fourth-order valence-electron chi connectivity index (χ4n) is 2.78. The Bertz CT molecular complexity index is 705. The number of nitrogens with zero attached hydrogens (tertiary/aromatic N) is 1. The first-order valence-corrected chi connectivity index (χ1v) is 8.34. The molecule has 2 rings (SSSR count). The van der Waals surface area contributed by atoms with Crippen molar-refractivity contribution in [1.29, 1.82) is 0 Å². The van der Waals surface area contributed by atoms with Gasteiger partial charge in [-0.3, -0.25) is 9.59 Å². The first kappa shape index (κ1) is 22.0. The van der Waals surface area contributed by atoms with E-state index in [4.69, 9.17) is 0 Å². The number of alkyl halides is 6. The van der Waals surface area contributed by atoms with Crippen molar-refractivity contribution in [3.05, 3.63) is 35.4 Å². The molecule has 1 aromatic carbocycles. The van der Waals surface area contributed by atoms with Crippen LogP contribution in [-0.4, -0.2) is 49.2 Å². The Balaban J connectivity index is 2.13. The highest BCUT2D eigenvalue weighted by Crippen LogP contribution is 2.31. The van der Waals surface area contributed by atoms with Gasteiger partial charge in [0.25, 0.3) is 0 Å². The van der Waals surface area contributed by atoms with E-state index in [0.29, 0.717) is 13.0 Å². The summed E-state index contributed by atoms with van der Waals surface area (Å²) in [6, 6.07) is 3.17. The maximum absolute atomic E-state index is 13.0. The molecule has 1 aromatic rings. The van der Waals surface area contributed by atoms with Gasteiger partial charge in [0.05, 0.1) is 11.6 Å². The van der Waals surface area contributed by atoms with Gasteiger partial charge in [0.15, 0.2) is 0 Å². The van der Waals surface area contributed by atoms with Gasteiger partial charge in [0.2, 0.25) is 11.8 Å². The Hall–Kier alpha value is -2.30. The number of rotatable bonds is 7. The second-order valence-electron chi connectivity index (χ2n) is 6.29. The zero-order valence-corrected chi connectivity index (χ0v) is 14.6. The molecule has 11 heteroatoms. The number of carbonyl (C=O) groups is 2. The summed E-state index contributed by atoms with van der Waals surface area (Å²) in [4.78, 5) is 25.1. The van der Waals surface area contributed by atoms with Crippen LogP contribution in [0.15, 0.2) is 24.3 Å². The standard InChI is InChI=1S/C17H18F6N2O3/c18-16(19,20)10-28-9-14(26)24-13(8-25-6-2-5-15(25)27)11-3-1-4-12(7-11)17(21,22)23/h1,3-4,7,13H,2,5-6,8-10H2,(H,24,26). The van der Waals surface area contributed by atoms with Crippen LogP contribution in [0.5, 0.6) is 0 Å².